The minimum Gasteiger partial charge on any atom is -0.364 e. The summed E-state index contributed by atoms with van der Waals surface area (Å²) in [5.74, 6) is -0.0966. The second kappa shape index (κ2) is 7.02. The molecule has 7 nitrogen and oxygen atoms in total. The van der Waals surface area contributed by atoms with E-state index in [1.54, 1.807) is 7.05 Å². The molecule has 0 radical (unpaired) electrons. The van der Waals surface area contributed by atoms with Crippen molar-refractivity contribution in [3.63, 3.8) is 0 Å². The van der Waals surface area contributed by atoms with Crippen LogP contribution in [0.25, 0.3) is 0 Å². The third-order valence-corrected chi connectivity index (χ3v) is 2.62. The molecule has 0 atom stereocenters. The van der Waals surface area contributed by atoms with Crippen LogP contribution in [0.3, 0.4) is 0 Å². The number of carbonyl (C=O) groups excluding carboxylic acids is 1. The SMILES string of the molecule is Cl.Cn1nc(NCc2cnn(CC(F)F)c2)cc1C(N)=O. The molecule has 2 heterocycles. The van der Waals surface area contributed by atoms with Crippen LogP contribution in [0.4, 0.5) is 14.6 Å². The van der Waals surface area contributed by atoms with Gasteiger partial charge in [-0.25, -0.2) is 8.78 Å². The summed E-state index contributed by atoms with van der Waals surface area (Å²) in [7, 11) is 1.60. The zero-order valence-corrected chi connectivity index (χ0v) is 12.0. The van der Waals surface area contributed by atoms with Crippen LogP contribution in [0.1, 0.15) is 16.1 Å². The fourth-order valence-corrected chi connectivity index (χ4v) is 1.72. The van der Waals surface area contributed by atoms with Crippen LogP contribution in [-0.2, 0) is 20.1 Å². The number of nitrogens with two attached hydrogens (primary N) is 1. The van der Waals surface area contributed by atoms with Crippen molar-refractivity contribution in [2.75, 3.05) is 5.32 Å². The van der Waals surface area contributed by atoms with Crippen LogP contribution in [0.15, 0.2) is 18.5 Å². The average Bonchev–Trinajstić information content (AvgIpc) is 2.92. The largest absolute Gasteiger partial charge is 0.364 e. The van der Waals surface area contributed by atoms with Gasteiger partial charge in [0, 0.05) is 31.4 Å². The van der Waals surface area contributed by atoms with E-state index in [0.29, 0.717) is 12.4 Å². The second-order valence-electron chi connectivity index (χ2n) is 4.22. The summed E-state index contributed by atoms with van der Waals surface area (Å²) in [5.41, 5.74) is 6.18. The average molecular weight is 321 g/mol. The van der Waals surface area contributed by atoms with E-state index in [1.165, 1.54) is 27.8 Å². The number of halogens is 3. The first kappa shape index (κ1) is 16.9. The monoisotopic (exact) mass is 320 g/mol. The molecule has 0 aliphatic carbocycles. The summed E-state index contributed by atoms with van der Waals surface area (Å²) >= 11 is 0. The number of carbonyl (C=O) groups is 1. The Hall–Kier alpha value is -2.16. The minimum absolute atomic E-state index is 0. The molecule has 0 aliphatic rings. The van der Waals surface area contributed by atoms with E-state index in [2.05, 4.69) is 15.5 Å². The fraction of sp³-hybridized carbons (Fsp3) is 0.364. The van der Waals surface area contributed by atoms with Crippen molar-refractivity contribution in [3.8, 4) is 0 Å². The van der Waals surface area contributed by atoms with Crippen molar-refractivity contribution in [3.05, 3.63) is 29.7 Å². The van der Waals surface area contributed by atoms with E-state index in [-0.39, 0.29) is 18.1 Å². The van der Waals surface area contributed by atoms with Crippen LogP contribution in [0, 0.1) is 0 Å². The zero-order chi connectivity index (χ0) is 14.7. The highest BCUT2D eigenvalue weighted by Gasteiger charge is 2.10. The first-order chi connectivity index (χ1) is 9.45. The molecule has 3 N–H and O–H groups in total. The number of rotatable bonds is 6. The standard InChI is InChI=1S/C11H14F2N6O.ClH/c1-18-8(11(14)20)2-10(17-18)15-3-7-4-16-19(5-7)6-9(12)13;/h2,4-5,9H,3,6H2,1H3,(H2,14,20)(H,15,17);1H. The van der Waals surface area contributed by atoms with Gasteiger partial charge >= 0.3 is 0 Å². The molecule has 2 rings (SSSR count). The quantitative estimate of drug-likeness (QED) is 0.831. The number of alkyl halides is 2. The molecule has 0 spiro atoms. The molecule has 0 aliphatic heterocycles. The van der Waals surface area contributed by atoms with Gasteiger partial charge in [0.2, 0.25) is 0 Å². The van der Waals surface area contributed by atoms with E-state index < -0.39 is 18.9 Å². The summed E-state index contributed by atoms with van der Waals surface area (Å²) in [4.78, 5) is 11.1. The molecule has 2 aromatic heterocycles. The molecule has 0 aromatic carbocycles. The minimum atomic E-state index is -2.44. The van der Waals surface area contributed by atoms with Crippen molar-refractivity contribution in [1.82, 2.24) is 19.6 Å². The Kier molecular flexibility index (Phi) is 5.65. The van der Waals surface area contributed by atoms with Gasteiger partial charge in [-0.15, -0.1) is 12.4 Å². The van der Waals surface area contributed by atoms with E-state index in [0.717, 1.165) is 5.56 Å². The van der Waals surface area contributed by atoms with Crippen LogP contribution in [-0.4, -0.2) is 31.9 Å². The number of aryl methyl sites for hydroxylation is 1. The van der Waals surface area contributed by atoms with Gasteiger partial charge in [-0.1, -0.05) is 0 Å². The number of hydrogen-bond donors (Lipinski definition) is 2. The molecule has 2 aromatic rings. The van der Waals surface area contributed by atoms with Gasteiger partial charge < -0.3 is 11.1 Å². The Morgan fingerprint density at radius 3 is 2.81 bits per heavy atom. The summed E-state index contributed by atoms with van der Waals surface area (Å²) in [6.07, 6.45) is 0.578. The summed E-state index contributed by atoms with van der Waals surface area (Å²) < 4.78 is 26.9. The van der Waals surface area contributed by atoms with Crippen molar-refractivity contribution < 1.29 is 13.6 Å². The summed E-state index contributed by atoms with van der Waals surface area (Å²) in [6.45, 7) is -0.0755. The number of anilines is 1. The van der Waals surface area contributed by atoms with Crippen molar-refractivity contribution in [1.29, 1.82) is 0 Å². The molecule has 0 saturated carbocycles. The Balaban J connectivity index is 0.00000220. The van der Waals surface area contributed by atoms with Crippen molar-refractivity contribution in [2.24, 2.45) is 12.8 Å². The van der Waals surface area contributed by atoms with E-state index in [9.17, 15) is 13.6 Å². The van der Waals surface area contributed by atoms with Crippen molar-refractivity contribution >= 4 is 24.1 Å². The number of nitrogens with one attached hydrogen (secondary N) is 1. The molecule has 0 saturated heterocycles. The zero-order valence-electron chi connectivity index (χ0n) is 11.2. The lowest BCUT2D eigenvalue weighted by Crippen LogP contribution is -2.15. The first-order valence-corrected chi connectivity index (χ1v) is 5.83. The van der Waals surface area contributed by atoms with Crippen molar-refractivity contribution in [2.45, 2.75) is 19.5 Å². The van der Waals surface area contributed by atoms with Crippen LogP contribution >= 0.6 is 12.4 Å². The van der Waals surface area contributed by atoms with Crippen LogP contribution in [0.2, 0.25) is 0 Å². The predicted molar refractivity (Wildman–Crippen MR) is 74.5 cm³/mol. The molecular weight excluding hydrogens is 306 g/mol. The van der Waals surface area contributed by atoms with Gasteiger partial charge in [0.25, 0.3) is 12.3 Å². The highest BCUT2D eigenvalue weighted by atomic mass is 35.5. The predicted octanol–water partition coefficient (Wildman–Crippen LogP) is 1.01. The third-order valence-electron chi connectivity index (χ3n) is 2.62. The Morgan fingerprint density at radius 2 is 2.24 bits per heavy atom. The molecule has 0 bridgehead atoms. The smallest absolute Gasteiger partial charge is 0.267 e. The number of aromatic nitrogens is 4. The Bertz CT molecular complexity index is 612. The lowest BCUT2D eigenvalue weighted by atomic mass is 10.3. The van der Waals surface area contributed by atoms with Crippen LogP contribution in [0.5, 0.6) is 0 Å². The second-order valence-corrected chi connectivity index (χ2v) is 4.22. The van der Waals surface area contributed by atoms with Gasteiger partial charge in [-0.05, 0) is 0 Å². The van der Waals surface area contributed by atoms with E-state index in [4.69, 9.17) is 5.73 Å². The molecular formula is C11H15ClF2N6O. The van der Waals surface area contributed by atoms with Gasteiger partial charge in [0.15, 0.2) is 0 Å². The maximum Gasteiger partial charge on any atom is 0.267 e. The lowest BCUT2D eigenvalue weighted by molar-refractivity contribution is 0.0991. The molecule has 10 heteroatoms. The first-order valence-electron chi connectivity index (χ1n) is 5.83. The van der Waals surface area contributed by atoms with Gasteiger partial charge in [0.05, 0.1) is 6.20 Å². The molecule has 0 fully saturated rings. The normalized spacial score (nSPS) is 10.5. The molecule has 21 heavy (non-hydrogen) atoms. The highest BCUT2D eigenvalue weighted by molar-refractivity contribution is 5.91. The summed E-state index contributed by atoms with van der Waals surface area (Å²) in [5, 5.41) is 10.8. The molecule has 0 unspecified atom stereocenters. The highest BCUT2D eigenvalue weighted by Crippen LogP contribution is 2.10. The number of hydrogen-bond acceptors (Lipinski definition) is 4. The fourth-order valence-electron chi connectivity index (χ4n) is 1.72. The van der Waals surface area contributed by atoms with E-state index in [1.807, 2.05) is 0 Å². The van der Waals surface area contributed by atoms with Gasteiger partial charge in [-0.3, -0.25) is 14.2 Å². The maximum absolute atomic E-state index is 12.2. The summed E-state index contributed by atoms with van der Waals surface area (Å²) in [6, 6.07) is 1.52. The maximum atomic E-state index is 12.2. The molecule has 1 amide bonds. The third kappa shape index (κ3) is 4.42. The number of nitrogens with zero attached hydrogens (tertiary/aromatic N) is 4. The Morgan fingerprint density at radius 1 is 1.52 bits per heavy atom. The topological polar surface area (TPSA) is 90.8 Å². The number of amides is 1. The number of primary amides is 1. The van der Waals surface area contributed by atoms with Gasteiger partial charge in [-0.2, -0.15) is 10.2 Å². The van der Waals surface area contributed by atoms with E-state index >= 15 is 0 Å². The lowest BCUT2D eigenvalue weighted by Gasteiger charge is -2.00. The Labute approximate surface area is 125 Å². The van der Waals surface area contributed by atoms with Crippen LogP contribution < -0.4 is 11.1 Å². The molecule has 116 valence electrons. The van der Waals surface area contributed by atoms with Gasteiger partial charge in [0.1, 0.15) is 18.1 Å².